The highest BCUT2D eigenvalue weighted by molar-refractivity contribution is 6.01. The van der Waals surface area contributed by atoms with Gasteiger partial charge in [-0.15, -0.1) is 0 Å². The number of hydrogen-bond acceptors (Lipinski definition) is 5. The number of rotatable bonds is 3. The molecule has 31 heavy (non-hydrogen) atoms. The topological polar surface area (TPSA) is 76.5 Å². The van der Waals surface area contributed by atoms with Gasteiger partial charge in [-0.1, -0.05) is 11.2 Å². The Labute approximate surface area is 176 Å². The molecule has 3 aromatic heterocycles. The van der Waals surface area contributed by atoms with E-state index in [1.165, 1.54) is 22.8 Å². The summed E-state index contributed by atoms with van der Waals surface area (Å²) in [6.45, 7) is 2.99. The average Bonchev–Trinajstić information content (AvgIpc) is 3.39. The molecule has 1 aliphatic rings. The van der Waals surface area contributed by atoms with Crippen molar-refractivity contribution in [2.75, 3.05) is 13.1 Å². The van der Waals surface area contributed by atoms with Crippen molar-refractivity contribution in [3.8, 4) is 22.6 Å². The zero-order chi connectivity index (χ0) is 21.5. The normalized spacial score (nSPS) is 14.4. The van der Waals surface area contributed by atoms with Crippen LogP contribution in [0.25, 0.3) is 28.2 Å². The predicted molar refractivity (Wildman–Crippen MR) is 108 cm³/mol. The van der Waals surface area contributed by atoms with E-state index in [1.807, 2.05) is 4.90 Å². The fraction of sp³-hybridized carbons (Fsp3) is 0.273. The molecule has 1 aliphatic heterocycles. The SMILES string of the molecule is Cc1nc(-c2c(F)cc(-c3cccc4c(C(=O)N5CCCCC5)cnn34)cc2F)no1. The highest BCUT2D eigenvalue weighted by Crippen LogP contribution is 2.30. The smallest absolute Gasteiger partial charge is 0.257 e. The van der Waals surface area contributed by atoms with Crippen LogP contribution in [0, 0.1) is 18.6 Å². The third-order valence-corrected chi connectivity index (χ3v) is 5.51. The van der Waals surface area contributed by atoms with Crippen molar-refractivity contribution < 1.29 is 18.1 Å². The molecule has 5 rings (SSSR count). The van der Waals surface area contributed by atoms with Crippen molar-refractivity contribution in [3.63, 3.8) is 0 Å². The van der Waals surface area contributed by atoms with Gasteiger partial charge in [0.25, 0.3) is 5.91 Å². The second-order valence-corrected chi connectivity index (χ2v) is 7.57. The molecule has 0 atom stereocenters. The van der Waals surface area contributed by atoms with Crippen molar-refractivity contribution in [2.24, 2.45) is 0 Å². The average molecular weight is 423 g/mol. The van der Waals surface area contributed by atoms with Gasteiger partial charge >= 0.3 is 0 Å². The van der Waals surface area contributed by atoms with Gasteiger partial charge in [-0.2, -0.15) is 10.1 Å². The molecule has 4 heterocycles. The summed E-state index contributed by atoms with van der Waals surface area (Å²) in [5, 5.41) is 7.94. The first-order valence-electron chi connectivity index (χ1n) is 10.1. The Kier molecular flexibility index (Phi) is 4.72. The van der Waals surface area contributed by atoms with Gasteiger partial charge in [0.2, 0.25) is 11.7 Å². The lowest BCUT2D eigenvalue weighted by Gasteiger charge is -2.26. The summed E-state index contributed by atoms with van der Waals surface area (Å²) in [6.07, 6.45) is 4.61. The van der Waals surface area contributed by atoms with E-state index in [0.717, 1.165) is 32.4 Å². The standard InChI is InChI=1S/C22H19F2N5O2/c1-13-26-21(27-31-13)20-16(23)10-14(11-17(20)24)18-6-5-7-19-15(12-25-29(18)19)22(30)28-8-3-2-4-9-28/h5-7,10-12H,2-4,8-9H2,1H3. The van der Waals surface area contributed by atoms with E-state index in [4.69, 9.17) is 4.52 Å². The van der Waals surface area contributed by atoms with Gasteiger partial charge in [0.05, 0.1) is 28.5 Å². The van der Waals surface area contributed by atoms with Crippen LogP contribution in [0.5, 0.6) is 0 Å². The van der Waals surface area contributed by atoms with Gasteiger partial charge in [-0.3, -0.25) is 4.79 Å². The summed E-state index contributed by atoms with van der Waals surface area (Å²) < 4.78 is 36.0. The zero-order valence-corrected chi connectivity index (χ0v) is 16.8. The number of benzene rings is 1. The molecule has 158 valence electrons. The second kappa shape index (κ2) is 7.57. The second-order valence-electron chi connectivity index (χ2n) is 7.57. The number of pyridine rings is 1. The minimum absolute atomic E-state index is 0.0768. The van der Waals surface area contributed by atoms with Gasteiger partial charge in [-0.25, -0.2) is 13.3 Å². The summed E-state index contributed by atoms with van der Waals surface area (Å²) >= 11 is 0. The van der Waals surface area contributed by atoms with Gasteiger partial charge in [-0.05, 0) is 43.5 Å². The van der Waals surface area contributed by atoms with E-state index in [-0.39, 0.29) is 28.7 Å². The van der Waals surface area contributed by atoms with E-state index in [1.54, 1.807) is 25.1 Å². The molecule has 9 heteroatoms. The van der Waals surface area contributed by atoms with Gasteiger partial charge in [0, 0.05) is 25.6 Å². The molecular weight excluding hydrogens is 404 g/mol. The number of fused-ring (bicyclic) bond motifs is 1. The van der Waals surface area contributed by atoms with Crippen molar-refractivity contribution in [2.45, 2.75) is 26.2 Å². The molecule has 0 N–H and O–H groups in total. The number of aryl methyl sites for hydroxylation is 1. The molecule has 4 aromatic rings. The highest BCUT2D eigenvalue weighted by Gasteiger charge is 2.23. The van der Waals surface area contributed by atoms with Crippen LogP contribution in [-0.4, -0.2) is 43.7 Å². The van der Waals surface area contributed by atoms with Crippen LogP contribution in [0.2, 0.25) is 0 Å². The number of halogens is 2. The molecule has 0 bridgehead atoms. The maximum atomic E-state index is 14.8. The lowest BCUT2D eigenvalue weighted by atomic mass is 10.1. The van der Waals surface area contributed by atoms with Crippen molar-refractivity contribution in [1.29, 1.82) is 0 Å². The first kappa shape index (κ1) is 19.3. The Bertz CT molecular complexity index is 1270. The van der Waals surface area contributed by atoms with Gasteiger partial charge in [0.15, 0.2) is 0 Å². The number of amides is 1. The molecule has 0 spiro atoms. The summed E-state index contributed by atoms with van der Waals surface area (Å²) in [5.74, 6) is -1.64. The largest absolute Gasteiger partial charge is 0.339 e. The minimum Gasteiger partial charge on any atom is -0.339 e. The lowest BCUT2D eigenvalue weighted by molar-refractivity contribution is 0.0726. The van der Waals surface area contributed by atoms with Crippen LogP contribution in [0.3, 0.4) is 0 Å². The van der Waals surface area contributed by atoms with Gasteiger partial charge in [0.1, 0.15) is 11.6 Å². The Morgan fingerprint density at radius 2 is 1.84 bits per heavy atom. The Morgan fingerprint density at radius 1 is 1.10 bits per heavy atom. The van der Waals surface area contributed by atoms with E-state index in [0.29, 0.717) is 16.8 Å². The Hall–Kier alpha value is -3.62. The molecular formula is C22H19F2N5O2. The van der Waals surface area contributed by atoms with Crippen molar-refractivity contribution in [3.05, 3.63) is 59.6 Å². The predicted octanol–water partition coefficient (Wildman–Crippen LogP) is 4.26. The van der Waals surface area contributed by atoms with E-state index >= 15 is 0 Å². The Morgan fingerprint density at radius 3 is 2.52 bits per heavy atom. The van der Waals surface area contributed by atoms with Crippen molar-refractivity contribution in [1.82, 2.24) is 24.7 Å². The quantitative estimate of drug-likeness (QED) is 0.492. The Balaban J connectivity index is 1.57. The van der Waals surface area contributed by atoms with Crippen molar-refractivity contribution >= 4 is 11.4 Å². The fourth-order valence-electron chi connectivity index (χ4n) is 4.00. The summed E-state index contributed by atoms with van der Waals surface area (Å²) in [4.78, 5) is 18.7. The van der Waals surface area contributed by atoms with Crippen LogP contribution in [0.15, 0.2) is 41.1 Å². The number of likely N-dealkylation sites (tertiary alicyclic amines) is 1. The number of carbonyl (C=O) groups excluding carboxylic acids is 1. The van der Waals surface area contributed by atoms with Crippen LogP contribution in [0.1, 0.15) is 35.5 Å². The molecule has 1 amide bonds. The number of nitrogens with zero attached hydrogens (tertiary/aromatic N) is 5. The van der Waals surface area contributed by atoms with Crippen LogP contribution in [-0.2, 0) is 0 Å². The first-order chi connectivity index (χ1) is 15.0. The molecule has 1 aromatic carbocycles. The molecule has 0 unspecified atom stereocenters. The zero-order valence-electron chi connectivity index (χ0n) is 16.8. The van der Waals surface area contributed by atoms with Crippen LogP contribution < -0.4 is 0 Å². The third kappa shape index (κ3) is 3.35. The van der Waals surface area contributed by atoms with Crippen LogP contribution in [0.4, 0.5) is 8.78 Å². The number of piperidine rings is 1. The van der Waals surface area contributed by atoms with E-state index in [9.17, 15) is 13.6 Å². The highest BCUT2D eigenvalue weighted by atomic mass is 19.1. The van der Waals surface area contributed by atoms with Gasteiger partial charge < -0.3 is 9.42 Å². The van der Waals surface area contributed by atoms with Crippen LogP contribution >= 0.6 is 0 Å². The summed E-state index contributed by atoms with van der Waals surface area (Å²) in [5.41, 5.74) is 1.46. The minimum atomic E-state index is -0.815. The lowest BCUT2D eigenvalue weighted by Crippen LogP contribution is -2.35. The molecule has 1 fully saturated rings. The maximum absolute atomic E-state index is 14.8. The fourth-order valence-corrected chi connectivity index (χ4v) is 4.00. The number of hydrogen-bond donors (Lipinski definition) is 0. The third-order valence-electron chi connectivity index (χ3n) is 5.51. The molecule has 0 saturated carbocycles. The number of carbonyl (C=O) groups is 1. The molecule has 0 aliphatic carbocycles. The maximum Gasteiger partial charge on any atom is 0.257 e. The summed E-state index contributed by atoms with van der Waals surface area (Å²) in [7, 11) is 0. The molecule has 7 nitrogen and oxygen atoms in total. The number of aromatic nitrogens is 4. The molecule has 0 radical (unpaired) electrons. The van der Waals surface area contributed by atoms with E-state index < -0.39 is 11.6 Å². The monoisotopic (exact) mass is 423 g/mol. The summed E-state index contributed by atoms with van der Waals surface area (Å²) in [6, 6.07) is 7.61. The first-order valence-corrected chi connectivity index (χ1v) is 10.1. The van der Waals surface area contributed by atoms with E-state index in [2.05, 4.69) is 15.2 Å². The molecule has 1 saturated heterocycles.